The lowest BCUT2D eigenvalue weighted by atomic mass is 10.1. The van der Waals surface area contributed by atoms with Crippen LogP contribution in [-0.4, -0.2) is 15.0 Å². The Morgan fingerprint density at radius 2 is 1.29 bits per heavy atom. The predicted octanol–water partition coefficient (Wildman–Crippen LogP) is 7.52. The summed E-state index contributed by atoms with van der Waals surface area (Å²) in [6.07, 6.45) is 6.02. The largest absolute Gasteiger partial charge is 0.456 e. The Labute approximate surface area is 197 Å². The minimum Gasteiger partial charge on any atom is -0.456 e. The molecule has 0 fully saturated rings. The lowest BCUT2D eigenvalue weighted by molar-refractivity contribution is 0.631. The molecule has 0 spiro atoms. The van der Waals surface area contributed by atoms with Crippen molar-refractivity contribution in [3.63, 3.8) is 0 Å². The zero-order chi connectivity index (χ0) is 22.7. The van der Waals surface area contributed by atoms with Gasteiger partial charge >= 0.3 is 0 Å². The van der Waals surface area contributed by atoms with Crippen molar-refractivity contribution in [3.8, 4) is 28.3 Å². The van der Waals surface area contributed by atoms with Crippen molar-refractivity contribution in [2.24, 2.45) is 0 Å². The van der Waals surface area contributed by atoms with Gasteiger partial charge < -0.3 is 4.42 Å². The van der Waals surface area contributed by atoms with E-state index in [1.165, 1.54) is 0 Å². The molecule has 0 atom stereocenters. The van der Waals surface area contributed by atoms with Crippen LogP contribution < -0.4 is 0 Å². The fraction of sp³-hybridized carbons (Fsp3) is 0. The monoisotopic (exact) mass is 439 g/mol. The maximum atomic E-state index is 5.97. The molecule has 4 nitrogen and oxygen atoms in total. The SMILES string of the molecule is C(=Cc1ccc(-c2cc3ccccc3o2)cc1)c1ccc(-c2cnn(-c3ccccc3)n2)cc1. The number of furan rings is 1. The van der Waals surface area contributed by atoms with Crippen LogP contribution in [0.25, 0.3) is 51.4 Å². The van der Waals surface area contributed by atoms with E-state index in [2.05, 4.69) is 83.0 Å². The van der Waals surface area contributed by atoms with E-state index < -0.39 is 0 Å². The highest BCUT2D eigenvalue weighted by atomic mass is 16.3. The number of hydrogen-bond acceptors (Lipinski definition) is 3. The first kappa shape index (κ1) is 19.9. The number of aromatic nitrogens is 3. The Bertz CT molecular complexity index is 1540. The zero-order valence-electron chi connectivity index (χ0n) is 18.4. The lowest BCUT2D eigenvalue weighted by Gasteiger charge is -2.00. The number of benzene rings is 4. The van der Waals surface area contributed by atoms with Crippen LogP contribution in [0.3, 0.4) is 0 Å². The molecule has 34 heavy (non-hydrogen) atoms. The van der Waals surface area contributed by atoms with E-state index in [9.17, 15) is 0 Å². The molecule has 0 saturated carbocycles. The fourth-order valence-electron chi connectivity index (χ4n) is 3.92. The summed E-state index contributed by atoms with van der Waals surface area (Å²) >= 11 is 0. The van der Waals surface area contributed by atoms with Crippen molar-refractivity contribution in [1.29, 1.82) is 0 Å². The summed E-state index contributed by atoms with van der Waals surface area (Å²) in [5.41, 5.74) is 7.07. The third-order valence-electron chi connectivity index (χ3n) is 5.77. The summed E-state index contributed by atoms with van der Waals surface area (Å²) in [6, 6.07) is 36.8. The van der Waals surface area contributed by atoms with Gasteiger partial charge in [0, 0.05) is 16.5 Å². The Hall–Kier alpha value is -4.70. The van der Waals surface area contributed by atoms with E-state index >= 15 is 0 Å². The van der Waals surface area contributed by atoms with Crippen LogP contribution >= 0.6 is 0 Å². The van der Waals surface area contributed by atoms with Crippen LogP contribution in [0.15, 0.2) is 120 Å². The van der Waals surface area contributed by atoms with Crippen LogP contribution in [0.5, 0.6) is 0 Å². The van der Waals surface area contributed by atoms with Gasteiger partial charge in [-0.05, 0) is 35.4 Å². The average Bonchev–Trinajstić information content (AvgIpc) is 3.57. The van der Waals surface area contributed by atoms with Gasteiger partial charge in [-0.25, -0.2) is 0 Å². The standard InChI is InChI=1S/C30H21N3O/c1-2-7-27(8-3-1)33-31-21-28(32-33)24-16-12-22(13-17-24)10-11-23-14-18-25(19-15-23)30-20-26-6-4-5-9-29(26)34-30/h1-21H. The van der Waals surface area contributed by atoms with Gasteiger partial charge in [-0.15, -0.1) is 5.10 Å². The molecule has 0 N–H and O–H groups in total. The van der Waals surface area contributed by atoms with E-state index in [1.54, 1.807) is 11.0 Å². The van der Waals surface area contributed by atoms with Crippen LogP contribution in [0.2, 0.25) is 0 Å². The van der Waals surface area contributed by atoms with Gasteiger partial charge in [0.25, 0.3) is 0 Å². The molecule has 4 heteroatoms. The molecule has 0 aliphatic heterocycles. The van der Waals surface area contributed by atoms with Gasteiger partial charge in [0.2, 0.25) is 0 Å². The Balaban J connectivity index is 1.16. The molecule has 6 aromatic rings. The van der Waals surface area contributed by atoms with Crippen molar-refractivity contribution in [2.45, 2.75) is 0 Å². The predicted molar refractivity (Wildman–Crippen MR) is 137 cm³/mol. The number of rotatable bonds is 5. The van der Waals surface area contributed by atoms with E-state index in [-0.39, 0.29) is 0 Å². The van der Waals surface area contributed by atoms with Gasteiger partial charge in [-0.2, -0.15) is 9.90 Å². The number of nitrogens with zero attached hydrogens (tertiary/aromatic N) is 3. The summed E-state index contributed by atoms with van der Waals surface area (Å²) in [6.45, 7) is 0. The summed E-state index contributed by atoms with van der Waals surface area (Å²) < 4.78 is 5.97. The molecule has 0 saturated heterocycles. The topological polar surface area (TPSA) is 43.9 Å². The molecule has 162 valence electrons. The second kappa shape index (κ2) is 8.68. The average molecular weight is 440 g/mol. The highest BCUT2D eigenvalue weighted by Crippen LogP contribution is 2.28. The summed E-state index contributed by atoms with van der Waals surface area (Å²) in [4.78, 5) is 1.65. The Morgan fingerprint density at radius 1 is 0.647 bits per heavy atom. The second-order valence-corrected chi connectivity index (χ2v) is 8.08. The van der Waals surface area contributed by atoms with Crippen molar-refractivity contribution < 1.29 is 4.42 Å². The maximum Gasteiger partial charge on any atom is 0.135 e. The molecule has 0 amide bonds. The van der Waals surface area contributed by atoms with Gasteiger partial charge in [0.15, 0.2) is 0 Å². The van der Waals surface area contributed by atoms with Crippen molar-refractivity contribution >= 4 is 23.1 Å². The molecular formula is C30H21N3O. The summed E-state index contributed by atoms with van der Waals surface area (Å²) in [5, 5.41) is 10.1. The summed E-state index contributed by atoms with van der Waals surface area (Å²) in [7, 11) is 0. The Kier molecular flexibility index (Phi) is 5.09. The van der Waals surface area contributed by atoms with Crippen molar-refractivity contribution in [1.82, 2.24) is 15.0 Å². The van der Waals surface area contributed by atoms with Crippen molar-refractivity contribution in [3.05, 3.63) is 127 Å². The van der Waals surface area contributed by atoms with Crippen molar-refractivity contribution in [2.75, 3.05) is 0 Å². The van der Waals surface area contributed by atoms with E-state index in [0.29, 0.717) is 0 Å². The van der Waals surface area contributed by atoms with Gasteiger partial charge in [0.1, 0.15) is 17.0 Å². The molecule has 0 radical (unpaired) electrons. The molecule has 4 aromatic carbocycles. The van der Waals surface area contributed by atoms with Crippen LogP contribution in [0.4, 0.5) is 0 Å². The smallest absolute Gasteiger partial charge is 0.135 e. The lowest BCUT2D eigenvalue weighted by Crippen LogP contribution is -1.97. The molecule has 0 unspecified atom stereocenters. The van der Waals surface area contributed by atoms with Crippen LogP contribution in [0.1, 0.15) is 11.1 Å². The maximum absolute atomic E-state index is 5.97. The fourth-order valence-corrected chi connectivity index (χ4v) is 3.92. The van der Waals surface area contributed by atoms with E-state index in [4.69, 9.17) is 4.42 Å². The highest BCUT2D eigenvalue weighted by Gasteiger charge is 2.06. The third-order valence-corrected chi connectivity index (χ3v) is 5.77. The molecule has 0 aliphatic carbocycles. The number of fused-ring (bicyclic) bond motifs is 1. The molecule has 0 aliphatic rings. The summed E-state index contributed by atoms with van der Waals surface area (Å²) in [5.74, 6) is 0.886. The van der Waals surface area contributed by atoms with Crippen LogP contribution in [-0.2, 0) is 0 Å². The molecule has 0 bridgehead atoms. The second-order valence-electron chi connectivity index (χ2n) is 8.08. The first-order chi connectivity index (χ1) is 16.8. The van der Waals surface area contributed by atoms with E-state index in [1.807, 2.05) is 48.5 Å². The third kappa shape index (κ3) is 4.05. The molecule has 2 heterocycles. The molecule has 2 aromatic heterocycles. The quantitative estimate of drug-likeness (QED) is 0.261. The van der Waals surface area contributed by atoms with Crippen LogP contribution in [0, 0.1) is 0 Å². The first-order valence-corrected chi connectivity index (χ1v) is 11.2. The first-order valence-electron chi connectivity index (χ1n) is 11.2. The minimum atomic E-state index is 0.848. The van der Waals surface area contributed by atoms with E-state index in [0.717, 1.165) is 50.4 Å². The Morgan fingerprint density at radius 3 is 2.00 bits per heavy atom. The molecular weight excluding hydrogens is 418 g/mol. The van der Waals surface area contributed by atoms with Gasteiger partial charge in [-0.1, -0.05) is 97.1 Å². The van der Waals surface area contributed by atoms with Gasteiger partial charge in [0.05, 0.1) is 11.9 Å². The number of hydrogen-bond donors (Lipinski definition) is 0. The van der Waals surface area contributed by atoms with Gasteiger partial charge in [-0.3, -0.25) is 0 Å². The normalized spacial score (nSPS) is 11.4. The highest BCUT2D eigenvalue weighted by molar-refractivity contribution is 5.83. The number of para-hydroxylation sites is 2. The zero-order valence-corrected chi connectivity index (χ0v) is 18.4. The minimum absolute atomic E-state index is 0.848. The molecule has 6 rings (SSSR count).